The van der Waals surface area contributed by atoms with E-state index in [0.717, 1.165) is 17.5 Å². The van der Waals surface area contributed by atoms with Gasteiger partial charge in [-0.1, -0.05) is 78.9 Å². The second-order valence-electron chi connectivity index (χ2n) is 11.6. The van der Waals surface area contributed by atoms with Crippen molar-refractivity contribution in [1.82, 2.24) is 0 Å². The van der Waals surface area contributed by atoms with E-state index in [1.165, 1.54) is 21.9 Å². The molecule has 1 unspecified atom stereocenters. The maximum absolute atomic E-state index is 15.5. The summed E-state index contributed by atoms with van der Waals surface area (Å²) in [5.74, 6) is -1.31. The van der Waals surface area contributed by atoms with Crippen LogP contribution in [-0.2, 0) is 22.4 Å². The molecule has 1 aliphatic rings. The maximum atomic E-state index is 15.5. The first-order chi connectivity index (χ1) is 24.4. The number of anilines is 3. The molecule has 5 aromatic rings. The van der Waals surface area contributed by atoms with Gasteiger partial charge in [0.15, 0.2) is 0 Å². The van der Waals surface area contributed by atoms with Gasteiger partial charge in [0.2, 0.25) is 5.91 Å². The molecule has 0 fully saturated rings. The molecule has 5 aromatic carbocycles. The number of hydrogen-bond donors (Lipinski definition) is 0. The average molecular weight is 660 g/mol. The summed E-state index contributed by atoms with van der Waals surface area (Å²) in [4.78, 5) is 29.8. The Bertz CT molecular complexity index is 2200. The van der Waals surface area contributed by atoms with Crippen LogP contribution in [0.3, 0.4) is 0 Å². The van der Waals surface area contributed by atoms with E-state index in [2.05, 4.69) is 18.2 Å². The van der Waals surface area contributed by atoms with E-state index in [1.54, 1.807) is 60.7 Å². The number of amides is 2. The molecule has 0 N–H and O–H groups in total. The van der Waals surface area contributed by atoms with Gasteiger partial charge in [-0.15, -0.1) is 0 Å². The number of para-hydroxylation sites is 2. The van der Waals surface area contributed by atoms with E-state index >= 15 is 4.39 Å². The number of fused-ring (bicyclic) bond motifs is 1. The van der Waals surface area contributed by atoms with Gasteiger partial charge >= 0.3 is 12.3 Å². The molecule has 0 aromatic heterocycles. The van der Waals surface area contributed by atoms with Crippen molar-refractivity contribution in [3.05, 3.63) is 143 Å². The molecule has 0 bridgehead atoms. The number of halogens is 1. The van der Waals surface area contributed by atoms with Crippen molar-refractivity contribution in [2.24, 2.45) is 0 Å². The van der Waals surface area contributed by atoms with E-state index in [9.17, 15) is 25.4 Å². The van der Waals surface area contributed by atoms with Crippen LogP contribution in [0.5, 0.6) is 5.75 Å². The Balaban J connectivity index is 1.32. The highest BCUT2D eigenvalue weighted by atomic mass is 19.1. The molecule has 1 heterocycles. The van der Waals surface area contributed by atoms with Crippen molar-refractivity contribution in [2.45, 2.75) is 32.0 Å². The van der Waals surface area contributed by atoms with Crippen LogP contribution in [0, 0.1) is 34.0 Å². The minimum absolute atomic E-state index is 0.0238. The highest BCUT2D eigenvalue weighted by molar-refractivity contribution is 6.03. The van der Waals surface area contributed by atoms with E-state index in [-0.39, 0.29) is 40.5 Å². The monoisotopic (exact) mass is 659 g/mol. The molecular weight excluding hydrogens is 629 g/mol. The fourth-order valence-electron chi connectivity index (χ4n) is 6.19. The fourth-order valence-corrected chi connectivity index (χ4v) is 6.19. The van der Waals surface area contributed by atoms with Gasteiger partial charge in [0, 0.05) is 24.2 Å². The summed E-state index contributed by atoms with van der Waals surface area (Å²) in [7, 11) is 0. The molecule has 0 radical (unpaired) electrons. The maximum Gasteiger partial charge on any atom is 0.317 e. The normalized spacial score (nSPS) is 12.4. The minimum atomic E-state index is -2.36. The quantitative estimate of drug-likeness (QED) is 0.159. The summed E-state index contributed by atoms with van der Waals surface area (Å²) < 4.78 is 21.0. The smallest absolute Gasteiger partial charge is 0.317 e. The van der Waals surface area contributed by atoms with Crippen LogP contribution < -0.4 is 14.5 Å². The third kappa shape index (κ3) is 6.78. The molecule has 9 heteroatoms. The van der Waals surface area contributed by atoms with E-state index in [0.29, 0.717) is 41.9 Å². The lowest BCUT2D eigenvalue weighted by atomic mass is 9.96. The fraction of sp³-hybridized carbons (Fsp3) is 0.146. The summed E-state index contributed by atoms with van der Waals surface area (Å²) in [6.45, 7) is 0.346. The van der Waals surface area contributed by atoms with Crippen LogP contribution in [0.2, 0.25) is 0 Å². The predicted octanol–water partition coefficient (Wildman–Crippen LogP) is 7.92. The van der Waals surface area contributed by atoms with Crippen LogP contribution in [0.1, 0.15) is 40.7 Å². The first kappa shape index (κ1) is 33.2. The first-order valence-corrected chi connectivity index (χ1v) is 16.1. The van der Waals surface area contributed by atoms with Crippen LogP contribution in [0.15, 0.2) is 115 Å². The zero-order chi connectivity index (χ0) is 35.0. The van der Waals surface area contributed by atoms with Gasteiger partial charge in [-0.25, -0.2) is 0 Å². The summed E-state index contributed by atoms with van der Waals surface area (Å²) in [5.41, 5.74) is 4.27. The number of hydrogen-bond acceptors (Lipinski definition) is 6. The van der Waals surface area contributed by atoms with Gasteiger partial charge in [0.1, 0.15) is 29.5 Å². The zero-order valence-electron chi connectivity index (χ0n) is 26.9. The Kier molecular flexibility index (Phi) is 9.94. The molecule has 0 saturated carbocycles. The lowest BCUT2D eigenvalue weighted by Crippen LogP contribution is -2.42. The number of nitrogens with zero attached hydrogens (tertiary/aromatic N) is 5. The summed E-state index contributed by atoms with van der Waals surface area (Å²) in [5, 5.41) is 30.4. The summed E-state index contributed by atoms with van der Waals surface area (Å²) >= 11 is 0. The molecule has 6 rings (SSSR count). The van der Waals surface area contributed by atoms with Gasteiger partial charge in [0.25, 0.3) is 0 Å². The third-order valence-corrected chi connectivity index (χ3v) is 8.59. The highest BCUT2D eigenvalue weighted by Gasteiger charge is 2.31. The predicted molar refractivity (Wildman–Crippen MR) is 187 cm³/mol. The minimum Gasteiger partial charge on any atom is -0.450 e. The standard InChI is InChI=1S/C41H30FN5O3/c42-40(41(49)46-23-9-14-29-12-4-6-16-35(29)46)50-38-18-8-15-33(34(38)27-45)30-20-21-37(32(24-30)26-44)47(36-17-7-5-13-31(36)25-43)39(48)22-19-28-10-2-1-3-11-28/h1-8,10-13,15-18,20-21,24,40H,9,14,19,22-23H2. The second kappa shape index (κ2) is 15.0. The molecule has 50 heavy (non-hydrogen) atoms. The molecule has 2 amide bonds. The molecule has 1 atom stereocenters. The molecule has 0 saturated heterocycles. The molecule has 1 aliphatic heterocycles. The molecular formula is C41H30FN5O3. The topological polar surface area (TPSA) is 121 Å². The average Bonchev–Trinajstić information content (AvgIpc) is 3.17. The molecule has 0 spiro atoms. The molecule has 0 aliphatic carbocycles. The number of carbonyl (C=O) groups excluding carboxylic acids is 2. The highest BCUT2D eigenvalue weighted by Crippen LogP contribution is 2.37. The number of carbonyl (C=O) groups is 2. The number of nitriles is 3. The first-order valence-electron chi connectivity index (χ1n) is 16.1. The Morgan fingerprint density at radius 3 is 2.30 bits per heavy atom. The zero-order valence-corrected chi connectivity index (χ0v) is 26.9. The lowest BCUT2D eigenvalue weighted by Gasteiger charge is -2.30. The number of rotatable bonds is 9. The Morgan fingerprint density at radius 2 is 1.52 bits per heavy atom. The van der Waals surface area contributed by atoms with Gasteiger partial charge in [-0.3, -0.25) is 14.5 Å². The van der Waals surface area contributed by atoms with Crippen molar-refractivity contribution in [2.75, 3.05) is 16.3 Å². The van der Waals surface area contributed by atoms with Crippen LogP contribution >= 0.6 is 0 Å². The Labute approximate surface area is 289 Å². The van der Waals surface area contributed by atoms with Gasteiger partial charge in [0.05, 0.1) is 22.5 Å². The Morgan fingerprint density at radius 1 is 0.800 bits per heavy atom. The van der Waals surface area contributed by atoms with Crippen LogP contribution in [-0.4, -0.2) is 24.7 Å². The summed E-state index contributed by atoms with van der Waals surface area (Å²) in [6.07, 6.45) is -0.335. The van der Waals surface area contributed by atoms with Crippen molar-refractivity contribution in [1.29, 1.82) is 15.8 Å². The van der Waals surface area contributed by atoms with E-state index < -0.39 is 12.3 Å². The number of alkyl halides is 1. The Hall–Kier alpha value is -6.76. The summed E-state index contributed by atoms with van der Waals surface area (Å²) in [6, 6.07) is 39.3. The van der Waals surface area contributed by atoms with E-state index in [4.69, 9.17) is 4.74 Å². The van der Waals surface area contributed by atoms with Crippen LogP contribution in [0.4, 0.5) is 21.5 Å². The molecule has 8 nitrogen and oxygen atoms in total. The second-order valence-corrected chi connectivity index (χ2v) is 11.6. The lowest BCUT2D eigenvalue weighted by molar-refractivity contribution is -0.132. The third-order valence-electron chi connectivity index (χ3n) is 8.59. The van der Waals surface area contributed by atoms with Gasteiger partial charge in [-0.2, -0.15) is 20.2 Å². The van der Waals surface area contributed by atoms with Gasteiger partial charge in [-0.05, 0) is 72.4 Å². The van der Waals surface area contributed by atoms with E-state index in [1.807, 2.05) is 42.5 Å². The number of aryl methyl sites for hydroxylation is 2. The van der Waals surface area contributed by atoms with Crippen molar-refractivity contribution >= 4 is 28.9 Å². The largest absolute Gasteiger partial charge is 0.450 e. The number of ether oxygens (including phenoxy) is 1. The SMILES string of the molecule is N#Cc1ccccc1N(C(=O)CCc1ccccc1)c1ccc(-c2cccc(OC(F)C(=O)N3CCCc4ccccc43)c2C#N)cc1C#N. The van der Waals surface area contributed by atoms with Crippen molar-refractivity contribution in [3.8, 4) is 35.1 Å². The van der Waals surface area contributed by atoms with Crippen molar-refractivity contribution < 1.29 is 18.7 Å². The molecule has 244 valence electrons. The van der Waals surface area contributed by atoms with Crippen molar-refractivity contribution in [3.63, 3.8) is 0 Å². The van der Waals surface area contributed by atoms with Crippen LogP contribution in [0.25, 0.3) is 11.1 Å². The van der Waals surface area contributed by atoms with Gasteiger partial charge < -0.3 is 9.64 Å². The number of benzene rings is 5.